The molecule has 0 radical (unpaired) electrons. The first-order valence-corrected chi connectivity index (χ1v) is 5.19. The fourth-order valence-corrected chi connectivity index (χ4v) is 1.81. The Morgan fingerprint density at radius 1 is 1.56 bits per heavy atom. The number of anilines is 1. The van der Waals surface area contributed by atoms with E-state index in [0.29, 0.717) is 24.5 Å². The van der Waals surface area contributed by atoms with Gasteiger partial charge >= 0.3 is 0 Å². The lowest BCUT2D eigenvalue weighted by atomic mass is 10.0. The van der Waals surface area contributed by atoms with Crippen LogP contribution in [0.1, 0.15) is 18.9 Å². The van der Waals surface area contributed by atoms with Gasteiger partial charge in [-0.2, -0.15) is 5.26 Å². The molecule has 4 heteroatoms. The number of halogens is 1. The molecule has 0 aliphatic carbocycles. The molecule has 1 saturated heterocycles. The van der Waals surface area contributed by atoms with Gasteiger partial charge in [0.2, 0.25) is 0 Å². The number of rotatable bonds is 2. The molecule has 3 nitrogen and oxygen atoms in total. The summed E-state index contributed by atoms with van der Waals surface area (Å²) >= 11 is 0. The second-order valence-corrected chi connectivity index (χ2v) is 4.29. The van der Waals surface area contributed by atoms with Gasteiger partial charge in [0, 0.05) is 6.61 Å². The topological polar surface area (TPSA) is 45.0 Å². The predicted molar refractivity (Wildman–Crippen MR) is 58.6 cm³/mol. The smallest absolute Gasteiger partial charge is 0.124 e. The SMILES string of the molecule is CC1(Nc2ccc(F)cc2C#N)CCOC1. The van der Waals surface area contributed by atoms with Gasteiger partial charge in [0.1, 0.15) is 11.9 Å². The van der Waals surface area contributed by atoms with Gasteiger partial charge in [0.15, 0.2) is 0 Å². The van der Waals surface area contributed by atoms with Crippen molar-refractivity contribution in [3.05, 3.63) is 29.6 Å². The molecule has 1 aromatic rings. The molecule has 0 aromatic heterocycles. The Bertz CT molecular complexity index is 433. The summed E-state index contributed by atoms with van der Waals surface area (Å²) in [6.45, 7) is 3.35. The van der Waals surface area contributed by atoms with Crippen molar-refractivity contribution in [3.8, 4) is 6.07 Å². The lowest BCUT2D eigenvalue weighted by molar-refractivity contribution is 0.185. The van der Waals surface area contributed by atoms with Gasteiger partial charge in [-0.25, -0.2) is 4.39 Å². The van der Waals surface area contributed by atoms with Crippen LogP contribution < -0.4 is 5.32 Å². The van der Waals surface area contributed by atoms with Crippen LogP contribution in [0, 0.1) is 17.1 Å². The first-order chi connectivity index (χ1) is 7.63. The summed E-state index contributed by atoms with van der Waals surface area (Å²) in [5.41, 5.74) is 0.827. The molecule has 0 spiro atoms. The van der Waals surface area contributed by atoms with Crippen molar-refractivity contribution in [3.63, 3.8) is 0 Å². The molecule has 1 heterocycles. The van der Waals surface area contributed by atoms with E-state index in [1.807, 2.05) is 13.0 Å². The molecule has 1 N–H and O–H groups in total. The van der Waals surface area contributed by atoms with Crippen molar-refractivity contribution in [2.24, 2.45) is 0 Å². The highest BCUT2D eigenvalue weighted by atomic mass is 19.1. The molecular formula is C12H13FN2O. The minimum Gasteiger partial charge on any atom is -0.379 e. The molecule has 1 aliphatic rings. The molecule has 0 amide bonds. The second kappa shape index (κ2) is 4.11. The molecule has 1 atom stereocenters. The first kappa shape index (κ1) is 10.9. The fourth-order valence-electron chi connectivity index (χ4n) is 1.81. The van der Waals surface area contributed by atoms with E-state index < -0.39 is 5.82 Å². The van der Waals surface area contributed by atoms with Crippen LogP contribution in [-0.4, -0.2) is 18.8 Å². The van der Waals surface area contributed by atoms with Crippen LogP contribution >= 0.6 is 0 Å². The molecule has 16 heavy (non-hydrogen) atoms. The van der Waals surface area contributed by atoms with Crippen LogP contribution in [0.3, 0.4) is 0 Å². The van der Waals surface area contributed by atoms with Gasteiger partial charge in [0.25, 0.3) is 0 Å². The van der Waals surface area contributed by atoms with Crippen molar-refractivity contribution in [1.82, 2.24) is 0 Å². The van der Waals surface area contributed by atoms with E-state index in [2.05, 4.69) is 5.32 Å². The number of nitriles is 1. The largest absolute Gasteiger partial charge is 0.379 e. The van der Waals surface area contributed by atoms with Gasteiger partial charge in [-0.1, -0.05) is 0 Å². The predicted octanol–water partition coefficient (Wildman–Crippen LogP) is 2.29. The maximum atomic E-state index is 12.9. The Morgan fingerprint density at radius 2 is 2.38 bits per heavy atom. The van der Waals surface area contributed by atoms with E-state index in [-0.39, 0.29) is 5.54 Å². The van der Waals surface area contributed by atoms with Crippen LogP contribution in [0.25, 0.3) is 0 Å². The third-order valence-corrected chi connectivity index (χ3v) is 2.76. The van der Waals surface area contributed by atoms with E-state index in [1.54, 1.807) is 6.07 Å². The summed E-state index contributed by atoms with van der Waals surface area (Å²) < 4.78 is 18.2. The third-order valence-electron chi connectivity index (χ3n) is 2.76. The minimum absolute atomic E-state index is 0.163. The number of hydrogen-bond acceptors (Lipinski definition) is 3. The Hall–Kier alpha value is -1.60. The van der Waals surface area contributed by atoms with Gasteiger partial charge in [-0.05, 0) is 31.5 Å². The zero-order valence-electron chi connectivity index (χ0n) is 9.09. The Balaban J connectivity index is 2.24. The van der Waals surface area contributed by atoms with Crippen LogP contribution in [0.4, 0.5) is 10.1 Å². The highest BCUT2D eigenvalue weighted by Crippen LogP contribution is 2.26. The van der Waals surface area contributed by atoms with Gasteiger partial charge in [-0.3, -0.25) is 0 Å². The summed E-state index contributed by atoms with van der Waals surface area (Å²) in [5, 5.41) is 12.2. The summed E-state index contributed by atoms with van der Waals surface area (Å²) in [6.07, 6.45) is 0.884. The molecule has 0 bridgehead atoms. The van der Waals surface area contributed by atoms with Crippen LogP contribution in [0.15, 0.2) is 18.2 Å². The van der Waals surface area contributed by atoms with Gasteiger partial charge < -0.3 is 10.1 Å². The van der Waals surface area contributed by atoms with Crippen LogP contribution in [0.2, 0.25) is 0 Å². The normalized spacial score (nSPS) is 24.1. The summed E-state index contributed by atoms with van der Waals surface area (Å²) in [6, 6.07) is 6.17. The third kappa shape index (κ3) is 2.15. The Labute approximate surface area is 93.8 Å². The maximum absolute atomic E-state index is 12.9. The van der Waals surface area contributed by atoms with E-state index in [1.165, 1.54) is 12.1 Å². The Morgan fingerprint density at radius 3 is 3.00 bits per heavy atom. The van der Waals surface area contributed by atoms with E-state index in [4.69, 9.17) is 10.00 Å². The van der Waals surface area contributed by atoms with Gasteiger partial charge in [-0.15, -0.1) is 0 Å². The molecule has 0 saturated carbocycles. The zero-order valence-corrected chi connectivity index (χ0v) is 9.09. The molecule has 1 unspecified atom stereocenters. The summed E-state index contributed by atoms with van der Waals surface area (Å²) in [7, 11) is 0. The minimum atomic E-state index is -0.394. The number of ether oxygens (including phenoxy) is 1. The van der Waals surface area contributed by atoms with E-state index >= 15 is 0 Å². The summed E-state index contributed by atoms with van der Waals surface area (Å²) in [4.78, 5) is 0. The molecule has 1 fully saturated rings. The van der Waals surface area contributed by atoms with E-state index in [0.717, 1.165) is 6.42 Å². The number of nitrogens with zero attached hydrogens (tertiary/aromatic N) is 1. The molecule has 1 aliphatic heterocycles. The summed E-state index contributed by atoms with van der Waals surface area (Å²) in [5.74, 6) is -0.394. The molecular weight excluding hydrogens is 207 g/mol. The molecule has 2 rings (SSSR count). The first-order valence-electron chi connectivity index (χ1n) is 5.19. The maximum Gasteiger partial charge on any atom is 0.124 e. The second-order valence-electron chi connectivity index (χ2n) is 4.29. The van der Waals surface area contributed by atoms with Crippen molar-refractivity contribution in [2.75, 3.05) is 18.5 Å². The average Bonchev–Trinajstić information content (AvgIpc) is 2.68. The zero-order chi connectivity index (χ0) is 11.6. The molecule has 1 aromatic carbocycles. The lowest BCUT2D eigenvalue weighted by Crippen LogP contribution is -2.35. The van der Waals surface area contributed by atoms with Crippen molar-refractivity contribution < 1.29 is 9.13 Å². The molecule has 84 valence electrons. The van der Waals surface area contributed by atoms with Crippen molar-refractivity contribution >= 4 is 5.69 Å². The average molecular weight is 220 g/mol. The lowest BCUT2D eigenvalue weighted by Gasteiger charge is -2.25. The highest BCUT2D eigenvalue weighted by Gasteiger charge is 2.29. The number of nitrogens with one attached hydrogen (secondary N) is 1. The van der Waals surface area contributed by atoms with Crippen molar-refractivity contribution in [1.29, 1.82) is 5.26 Å². The quantitative estimate of drug-likeness (QED) is 0.831. The standard InChI is InChI=1S/C12H13FN2O/c1-12(4-5-16-8-12)15-11-3-2-10(13)6-9(11)7-14/h2-3,6,15H,4-5,8H2,1H3. The Kier molecular flexibility index (Phi) is 2.80. The number of benzene rings is 1. The monoisotopic (exact) mass is 220 g/mol. The van der Waals surface area contributed by atoms with Crippen LogP contribution in [-0.2, 0) is 4.74 Å². The van der Waals surface area contributed by atoms with Crippen molar-refractivity contribution in [2.45, 2.75) is 18.9 Å². The van der Waals surface area contributed by atoms with Gasteiger partial charge in [0.05, 0.1) is 23.4 Å². The number of hydrogen-bond donors (Lipinski definition) is 1. The fraction of sp³-hybridized carbons (Fsp3) is 0.417. The van der Waals surface area contributed by atoms with Crippen LogP contribution in [0.5, 0.6) is 0 Å². The van der Waals surface area contributed by atoms with E-state index in [9.17, 15) is 4.39 Å². The highest BCUT2D eigenvalue weighted by molar-refractivity contribution is 5.58.